The molecule has 1 aromatic rings. The van der Waals surface area contributed by atoms with Gasteiger partial charge < -0.3 is 5.11 Å². The van der Waals surface area contributed by atoms with Gasteiger partial charge in [0.1, 0.15) is 0 Å². The Kier molecular flexibility index (Phi) is 4.39. The van der Waals surface area contributed by atoms with Crippen LogP contribution in [-0.4, -0.2) is 16.0 Å². The van der Waals surface area contributed by atoms with E-state index in [1.807, 2.05) is 6.92 Å². The fraction of sp³-hybridized carbons (Fsp3) is 0.250. The van der Waals surface area contributed by atoms with Crippen molar-refractivity contribution in [3.63, 3.8) is 0 Å². The number of carboxylic acid groups (broad SMARTS) is 1. The lowest BCUT2D eigenvalue weighted by atomic mass is 10.1. The molecular weight excluding hydrogens is 222 g/mol. The van der Waals surface area contributed by atoms with Gasteiger partial charge in [0.2, 0.25) is 0 Å². The van der Waals surface area contributed by atoms with Crippen LogP contribution in [0.4, 0.5) is 5.69 Å². The summed E-state index contributed by atoms with van der Waals surface area (Å²) in [6.45, 7) is 1.88. The maximum Gasteiger partial charge on any atom is 0.331 e. The third-order valence-corrected chi connectivity index (χ3v) is 2.22. The van der Waals surface area contributed by atoms with Crippen LogP contribution in [0, 0.1) is 10.1 Å². The summed E-state index contributed by atoms with van der Waals surface area (Å²) in [5, 5.41) is 19.5. The highest BCUT2D eigenvalue weighted by Crippen LogP contribution is 2.17. The average molecular weight is 235 g/mol. The zero-order valence-corrected chi connectivity index (χ0v) is 9.42. The van der Waals surface area contributed by atoms with Gasteiger partial charge in [-0.3, -0.25) is 10.1 Å². The number of non-ortho nitro benzene ring substituents is 1. The van der Waals surface area contributed by atoms with Crippen LogP contribution in [0.25, 0.3) is 6.08 Å². The van der Waals surface area contributed by atoms with E-state index in [1.165, 1.54) is 24.3 Å². The minimum Gasteiger partial charge on any atom is -0.478 e. The number of nitro groups is 1. The number of rotatable bonds is 5. The van der Waals surface area contributed by atoms with E-state index in [0.29, 0.717) is 18.4 Å². The smallest absolute Gasteiger partial charge is 0.331 e. The molecule has 0 aromatic heterocycles. The van der Waals surface area contributed by atoms with Gasteiger partial charge in [-0.2, -0.15) is 0 Å². The zero-order valence-electron chi connectivity index (χ0n) is 9.42. The number of benzene rings is 1. The Morgan fingerprint density at radius 3 is 2.76 bits per heavy atom. The predicted octanol–water partition coefficient (Wildman–Crippen LogP) is 2.86. The molecule has 0 heterocycles. The molecular formula is C12H13NO4. The minimum atomic E-state index is -0.988. The molecule has 5 heteroatoms. The lowest BCUT2D eigenvalue weighted by molar-refractivity contribution is -0.384. The van der Waals surface area contributed by atoms with Crippen LogP contribution in [0.1, 0.15) is 25.3 Å². The summed E-state index contributed by atoms with van der Waals surface area (Å²) < 4.78 is 0. The zero-order chi connectivity index (χ0) is 12.8. The van der Waals surface area contributed by atoms with Gasteiger partial charge in [-0.15, -0.1) is 0 Å². The first-order valence-electron chi connectivity index (χ1n) is 5.23. The van der Waals surface area contributed by atoms with Gasteiger partial charge in [0.05, 0.1) is 4.92 Å². The van der Waals surface area contributed by atoms with E-state index in [4.69, 9.17) is 5.11 Å². The summed E-state index contributed by atoms with van der Waals surface area (Å²) in [5.41, 5.74) is 0.748. The Bertz CT molecular complexity index is 465. The van der Waals surface area contributed by atoms with E-state index in [0.717, 1.165) is 0 Å². The van der Waals surface area contributed by atoms with Gasteiger partial charge in [0, 0.05) is 17.7 Å². The molecule has 0 saturated carbocycles. The Labute approximate surface area is 98.5 Å². The molecule has 1 N–H and O–H groups in total. The molecule has 0 aliphatic rings. The molecule has 0 unspecified atom stereocenters. The summed E-state index contributed by atoms with van der Waals surface area (Å²) in [5.74, 6) is -0.988. The number of nitro benzene ring substituents is 1. The van der Waals surface area contributed by atoms with Crippen molar-refractivity contribution in [1.82, 2.24) is 0 Å². The molecule has 17 heavy (non-hydrogen) atoms. The molecule has 90 valence electrons. The molecule has 0 spiro atoms. The number of hydrogen-bond donors (Lipinski definition) is 1. The SMILES string of the molecule is CCC/C(=C\c1cccc([N+](=O)[O-])c1)C(=O)O. The lowest BCUT2D eigenvalue weighted by Gasteiger charge is -2.00. The maximum atomic E-state index is 10.9. The molecule has 0 bridgehead atoms. The molecule has 0 aliphatic heterocycles. The highest BCUT2D eigenvalue weighted by molar-refractivity contribution is 5.92. The largest absolute Gasteiger partial charge is 0.478 e. The van der Waals surface area contributed by atoms with Crippen LogP contribution in [0.15, 0.2) is 29.8 Å². The van der Waals surface area contributed by atoms with Gasteiger partial charge in [0.25, 0.3) is 5.69 Å². The Morgan fingerprint density at radius 1 is 1.53 bits per heavy atom. The molecule has 1 rings (SSSR count). The van der Waals surface area contributed by atoms with Crippen LogP contribution in [0.5, 0.6) is 0 Å². The number of aliphatic carboxylic acids is 1. The Morgan fingerprint density at radius 2 is 2.24 bits per heavy atom. The maximum absolute atomic E-state index is 10.9. The van der Waals surface area contributed by atoms with E-state index >= 15 is 0 Å². The second-order valence-electron chi connectivity index (χ2n) is 3.58. The first-order valence-corrected chi connectivity index (χ1v) is 5.23. The van der Waals surface area contributed by atoms with E-state index in [-0.39, 0.29) is 11.3 Å². The van der Waals surface area contributed by atoms with Crippen LogP contribution in [-0.2, 0) is 4.79 Å². The van der Waals surface area contributed by atoms with Gasteiger partial charge in [-0.1, -0.05) is 25.5 Å². The van der Waals surface area contributed by atoms with Crippen molar-refractivity contribution in [2.45, 2.75) is 19.8 Å². The van der Waals surface area contributed by atoms with Crippen molar-refractivity contribution in [3.8, 4) is 0 Å². The normalized spacial score (nSPS) is 11.2. The number of carboxylic acids is 1. The predicted molar refractivity (Wildman–Crippen MR) is 63.6 cm³/mol. The third kappa shape index (κ3) is 3.71. The number of hydrogen-bond acceptors (Lipinski definition) is 3. The third-order valence-electron chi connectivity index (χ3n) is 2.22. The summed E-state index contributed by atoms with van der Waals surface area (Å²) in [6, 6.07) is 5.91. The van der Waals surface area contributed by atoms with E-state index in [1.54, 1.807) is 6.07 Å². The van der Waals surface area contributed by atoms with Crippen LogP contribution >= 0.6 is 0 Å². The monoisotopic (exact) mass is 235 g/mol. The van der Waals surface area contributed by atoms with Crippen LogP contribution in [0.3, 0.4) is 0 Å². The Balaban J connectivity index is 3.06. The fourth-order valence-electron chi connectivity index (χ4n) is 1.44. The topological polar surface area (TPSA) is 80.4 Å². The number of nitrogens with zero attached hydrogens (tertiary/aromatic N) is 1. The van der Waals surface area contributed by atoms with Crippen molar-refractivity contribution in [3.05, 3.63) is 45.5 Å². The van der Waals surface area contributed by atoms with Gasteiger partial charge in [-0.25, -0.2) is 4.79 Å². The van der Waals surface area contributed by atoms with Crippen molar-refractivity contribution < 1.29 is 14.8 Å². The Hall–Kier alpha value is -2.17. The molecule has 5 nitrogen and oxygen atoms in total. The summed E-state index contributed by atoms with van der Waals surface area (Å²) in [4.78, 5) is 21.0. The van der Waals surface area contributed by atoms with Gasteiger partial charge in [0.15, 0.2) is 0 Å². The molecule has 0 fully saturated rings. The second-order valence-corrected chi connectivity index (χ2v) is 3.58. The summed E-state index contributed by atoms with van der Waals surface area (Å²) in [6.07, 6.45) is 2.63. The summed E-state index contributed by atoms with van der Waals surface area (Å²) in [7, 11) is 0. The van der Waals surface area contributed by atoms with Gasteiger partial charge >= 0.3 is 5.97 Å². The van der Waals surface area contributed by atoms with E-state index < -0.39 is 10.9 Å². The van der Waals surface area contributed by atoms with E-state index in [9.17, 15) is 14.9 Å². The van der Waals surface area contributed by atoms with Crippen LogP contribution < -0.4 is 0 Å². The van der Waals surface area contributed by atoms with Gasteiger partial charge in [-0.05, 0) is 18.1 Å². The van der Waals surface area contributed by atoms with Crippen molar-refractivity contribution in [1.29, 1.82) is 0 Å². The van der Waals surface area contributed by atoms with Crippen molar-refractivity contribution in [2.75, 3.05) is 0 Å². The standard InChI is InChI=1S/C12H13NO4/c1-2-4-10(12(14)15)7-9-5-3-6-11(8-9)13(16)17/h3,5-8H,2,4H2,1H3,(H,14,15)/b10-7+. The van der Waals surface area contributed by atoms with Crippen LogP contribution in [0.2, 0.25) is 0 Å². The molecule has 0 aliphatic carbocycles. The first-order chi connectivity index (χ1) is 8.04. The molecule has 0 saturated heterocycles. The molecule has 0 atom stereocenters. The minimum absolute atomic E-state index is 0.0417. The van der Waals surface area contributed by atoms with E-state index in [2.05, 4.69) is 0 Å². The summed E-state index contributed by atoms with van der Waals surface area (Å²) >= 11 is 0. The highest BCUT2D eigenvalue weighted by atomic mass is 16.6. The molecule has 1 aromatic carbocycles. The molecule has 0 amide bonds. The highest BCUT2D eigenvalue weighted by Gasteiger charge is 2.08. The fourth-order valence-corrected chi connectivity index (χ4v) is 1.44. The second kappa shape index (κ2) is 5.79. The molecule has 0 radical (unpaired) electrons. The van der Waals surface area contributed by atoms with Crippen molar-refractivity contribution >= 4 is 17.7 Å². The quantitative estimate of drug-likeness (QED) is 0.483. The average Bonchev–Trinajstić information content (AvgIpc) is 2.28. The first kappa shape index (κ1) is 12.9. The van der Waals surface area contributed by atoms with Crippen molar-refractivity contribution in [2.24, 2.45) is 0 Å². The lowest BCUT2D eigenvalue weighted by Crippen LogP contribution is -2.00. The number of carbonyl (C=O) groups is 1.